The number of carbonyl (C=O) groups is 1. The van der Waals surface area contributed by atoms with Crippen molar-refractivity contribution >= 4 is 27.5 Å². The second-order valence-corrected chi connectivity index (χ2v) is 5.60. The summed E-state index contributed by atoms with van der Waals surface area (Å²) in [5.74, 6) is -0.268. The first kappa shape index (κ1) is 14.7. The highest BCUT2D eigenvalue weighted by atomic mass is 79.9. The van der Waals surface area contributed by atoms with Gasteiger partial charge in [-0.3, -0.25) is 4.79 Å². The van der Waals surface area contributed by atoms with Gasteiger partial charge < -0.3 is 11.1 Å². The van der Waals surface area contributed by atoms with Crippen LogP contribution in [0.5, 0.6) is 0 Å². The molecule has 0 saturated carbocycles. The number of benzene rings is 1. The van der Waals surface area contributed by atoms with Gasteiger partial charge in [-0.15, -0.1) is 0 Å². The SMILES string of the molecule is Cc1nc(Br)ccc1NC(=O)C(C)(N)c1ccccc1. The number of nitrogens with one attached hydrogen (secondary N) is 1. The quantitative estimate of drug-likeness (QED) is 0.848. The van der Waals surface area contributed by atoms with Crippen LogP contribution in [0, 0.1) is 6.92 Å². The number of nitrogens with two attached hydrogens (primary N) is 1. The fourth-order valence-corrected chi connectivity index (χ4v) is 2.23. The summed E-state index contributed by atoms with van der Waals surface area (Å²) in [6.07, 6.45) is 0. The molecule has 1 aromatic heterocycles. The summed E-state index contributed by atoms with van der Waals surface area (Å²) in [5.41, 5.74) is 7.23. The molecule has 0 radical (unpaired) electrons. The maximum absolute atomic E-state index is 12.4. The Kier molecular flexibility index (Phi) is 4.20. The fraction of sp³-hybridized carbons (Fsp3) is 0.200. The lowest BCUT2D eigenvalue weighted by molar-refractivity contribution is -0.120. The largest absolute Gasteiger partial charge is 0.323 e. The summed E-state index contributed by atoms with van der Waals surface area (Å²) in [6.45, 7) is 3.52. The molecule has 5 heteroatoms. The van der Waals surface area contributed by atoms with Crippen molar-refractivity contribution in [2.75, 3.05) is 5.32 Å². The Labute approximate surface area is 126 Å². The number of anilines is 1. The predicted octanol–water partition coefficient (Wildman–Crippen LogP) is 2.97. The average molecular weight is 334 g/mol. The summed E-state index contributed by atoms with van der Waals surface area (Å²) >= 11 is 3.29. The van der Waals surface area contributed by atoms with Gasteiger partial charge in [-0.1, -0.05) is 30.3 Å². The minimum Gasteiger partial charge on any atom is -0.323 e. The molecule has 1 heterocycles. The van der Waals surface area contributed by atoms with E-state index < -0.39 is 5.54 Å². The fourth-order valence-electron chi connectivity index (χ4n) is 1.83. The molecule has 0 aliphatic carbocycles. The van der Waals surface area contributed by atoms with Gasteiger partial charge in [0, 0.05) is 0 Å². The van der Waals surface area contributed by atoms with Crippen LogP contribution in [0.1, 0.15) is 18.2 Å². The molecule has 3 N–H and O–H groups in total. The predicted molar refractivity (Wildman–Crippen MR) is 83.3 cm³/mol. The second-order valence-electron chi connectivity index (χ2n) is 4.79. The Hall–Kier alpha value is -1.72. The van der Waals surface area contributed by atoms with E-state index in [0.29, 0.717) is 5.69 Å². The van der Waals surface area contributed by atoms with E-state index in [2.05, 4.69) is 26.2 Å². The van der Waals surface area contributed by atoms with E-state index in [0.717, 1.165) is 15.9 Å². The van der Waals surface area contributed by atoms with Crippen LogP contribution in [0.25, 0.3) is 0 Å². The number of halogens is 1. The number of aryl methyl sites for hydroxylation is 1. The van der Waals surface area contributed by atoms with Crippen molar-refractivity contribution in [3.05, 3.63) is 58.3 Å². The maximum atomic E-state index is 12.4. The van der Waals surface area contributed by atoms with Crippen molar-refractivity contribution in [2.45, 2.75) is 19.4 Å². The summed E-state index contributed by atoms with van der Waals surface area (Å²) in [7, 11) is 0. The standard InChI is InChI=1S/C15H16BrN3O/c1-10-12(8-9-13(16)18-10)19-14(20)15(2,17)11-6-4-3-5-7-11/h3-9H,17H2,1-2H3,(H,19,20). The maximum Gasteiger partial charge on any atom is 0.248 e. The molecule has 1 atom stereocenters. The lowest BCUT2D eigenvalue weighted by Crippen LogP contribution is -2.45. The Bertz CT molecular complexity index is 626. The number of nitrogens with zero attached hydrogens (tertiary/aromatic N) is 1. The zero-order chi connectivity index (χ0) is 14.8. The molecule has 0 spiro atoms. The molecular weight excluding hydrogens is 318 g/mol. The number of pyridine rings is 1. The first-order valence-corrected chi connectivity index (χ1v) is 6.99. The highest BCUT2D eigenvalue weighted by molar-refractivity contribution is 9.10. The first-order valence-electron chi connectivity index (χ1n) is 6.20. The van der Waals surface area contributed by atoms with Gasteiger partial charge >= 0.3 is 0 Å². The molecule has 1 unspecified atom stereocenters. The van der Waals surface area contributed by atoms with Crippen molar-refractivity contribution in [1.82, 2.24) is 4.98 Å². The monoisotopic (exact) mass is 333 g/mol. The van der Waals surface area contributed by atoms with Crippen LogP contribution >= 0.6 is 15.9 Å². The molecule has 4 nitrogen and oxygen atoms in total. The lowest BCUT2D eigenvalue weighted by atomic mass is 9.92. The summed E-state index contributed by atoms with van der Waals surface area (Å²) in [6, 6.07) is 12.9. The topological polar surface area (TPSA) is 68.0 Å². The lowest BCUT2D eigenvalue weighted by Gasteiger charge is -2.24. The summed E-state index contributed by atoms with van der Waals surface area (Å²) < 4.78 is 0.728. The molecule has 0 fully saturated rings. The van der Waals surface area contributed by atoms with Crippen LogP contribution in [-0.4, -0.2) is 10.9 Å². The highest BCUT2D eigenvalue weighted by Gasteiger charge is 2.30. The zero-order valence-electron chi connectivity index (χ0n) is 11.4. The second kappa shape index (κ2) is 5.73. The molecule has 2 rings (SSSR count). The van der Waals surface area contributed by atoms with E-state index in [1.807, 2.05) is 37.3 Å². The molecule has 2 aromatic rings. The summed E-state index contributed by atoms with van der Waals surface area (Å²) in [5, 5.41) is 2.83. The van der Waals surface area contributed by atoms with E-state index >= 15 is 0 Å². The van der Waals surface area contributed by atoms with Crippen LogP contribution in [0.2, 0.25) is 0 Å². The number of rotatable bonds is 3. The number of hydrogen-bond acceptors (Lipinski definition) is 3. The molecular formula is C15H16BrN3O. The van der Waals surface area contributed by atoms with Crippen molar-refractivity contribution < 1.29 is 4.79 Å². The number of amides is 1. The van der Waals surface area contributed by atoms with E-state index in [1.54, 1.807) is 19.1 Å². The molecule has 0 aliphatic heterocycles. The number of aromatic nitrogens is 1. The average Bonchev–Trinajstić information content (AvgIpc) is 2.42. The zero-order valence-corrected chi connectivity index (χ0v) is 12.9. The highest BCUT2D eigenvalue weighted by Crippen LogP contribution is 2.22. The van der Waals surface area contributed by atoms with Crippen LogP contribution in [0.3, 0.4) is 0 Å². The van der Waals surface area contributed by atoms with Gasteiger partial charge in [0.05, 0.1) is 11.4 Å². The van der Waals surface area contributed by atoms with Crippen molar-refractivity contribution in [3.8, 4) is 0 Å². The smallest absolute Gasteiger partial charge is 0.248 e. The molecule has 0 bridgehead atoms. The van der Waals surface area contributed by atoms with E-state index in [9.17, 15) is 4.79 Å². The molecule has 20 heavy (non-hydrogen) atoms. The van der Waals surface area contributed by atoms with Gasteiger partial charge in [0.25, 0.3) is 0 Å². The van der Waals surface area contributed by atoms with Crippen LogP contribution in [-0.2, 0) is 10.3 Å². The van der Waals surface area contributed by atoms with Gasteiger partial charge in [-0.2, -0.15) is 0 Å². The molecule has 0 aliphatic rings. The van der Waals surface area contributed by atoms with Crippen LogP contribution in [0.4, 0.5) is 5.69 Å². The Morgan fingerprint density at radius 3 is 2.50 bits per heavy atom. The van der Waals surface area contributed by atoms with Crippen molar-refractivity contribution in [3.63, 3.8) is 0 Å². The van der Waals surface area contributed by atoms with Crippen LogP contribution in [0.15, 0.2) is 47.1 Å². The molecule has 104 valence electrons. The first-order chi connectivity index (χ1) is 9.41. The van der Waals surface area contributed by atoms with E-state index in [1.165, 1.54) is 0 Å². The van der Waals surface area contributed by atoms with Crippen LogP contribution < -0.4 is 11.1 Å². The normalized spacial score (nSPS) is 13.6. The third kappa shape index (κ3) is 3.05. The Balaban J connectivity index is 2.23. The molecule has 1 aromatic carbocycles. The summed E-state index contributed by atoms with van der Waals surface area (Å²) in [4.78, 5) is 16.6. The minimum absolute atomic E-state index is 0.268. The Morgan fingerprint density at radius 1 is 1.25 bits per heavy atom. The van der Waals surface area contributed by atoms with E-state index in [4.69, 9.17) is 5.73 Å². The number of carbonyl (C=O) groups excluding carboxylic acids is 1. The van der Waals surface area contributed by atoms with Gasteiger partial charge in [-0.25, -0.2) is 4.98 Å². The minimum atomic E-state index is -1.10. The Morgan fingerprint density at radius 2 is 1.90 bits per heavy atom. The third-order valence-electron chi connectivity index (χ3n) is 3.15. The third-order valence-corrected chi connectivity index (χ3v) is 3.59. The van der Waals surface area contributed by atoms with Gasteiger partial charge in [0.15, 0.2) is 0 Å². The van der Waals surface area contributed by atoms with Crippen molar-refractivity contribution in [1.29, 1.82) is 0 Å². The molecule has 1 amide bonds. The van der Waals surface area contributed by atoms with Crippen molar-refractivity contribution in [2.24, 2.45) is 5.73 Å². The van der Waals surface area contributed by atoms with Gasteiger partial charge in [0.1, 0.15) is 10.1 Å². The molecule has 0 saturated heterocycles. The van der Waals surface area contributed by atoms with Gasteiger partial charge in [-0.05, 0) is 47.5 Å². The van der Waals surface area contributed by atoms with Gasteiger partial charge in [0.2, 0.25) is 5.91 Å². The van der Waals surface area contributed by atoms with E-state index in [-0.39, 0.29) is 5.91 Å². The number of hydrogen-bond donors (Lipinski definition) is 2.